The molecule has 0 aliphatic rings. The molecule has 0 unspecified atom stereocenters. The van der Waals surface area contributed by atoms with Crippen LogP contribution in [0.25, 0.3) is 6.08 Å². The van der Waals surface area contributed by atoms with E-state index >= 15 is 0 Å². The lowest BCUT2D eigenvalue weighted by molar-refractivity contribution is 0.517. The monoisotopic (exact) mass is 406 g/mol. The number of allylic oxidation sites excluding steroid dienone is 4. The van der Waals surface area contributed by atoms with E-state index < -0.39 is 0 Å². The average Bonchev–Trinajstić information content (AvgIpc) is 2.60. The third kappa shape index (κ3) is 7.25. The highest BCUT2D eigenvalue weighted by Crippen LogP contribution is 2.29. The van der Waals surface area contributed by atoms with E-state index in [0.29, 0.717) is 0 Å². The first-order chi connectivity index (χ1) is 13.5. The molecule has 0 bridgehead atoms. The summed E-state index contributed by atoms with van der Waals surface area (Å²) in [4.78, 5) is 5.21. The summed E-state index contributed by atoms with van der Waals surface area (Å²) >= 11 is 4.64. The van der Waals surface area contributed by atoms with Gasteiger partial charge in [-0.3, -0.25) is 4.98 Å². The Morgan fingerprint density at radius 2 is 1.76 bits per heavy atom. The summed E-state index contributed by atoms with van der Waals surface area (Å²) < 4.78 is 0. The van der Waals surface area contributed by atoms with Crippen molar-refractivity contribution in [3.8, 4) is 0 Å². The van der Waals surface area contributed by atoms with Gasteiger partial charge >= 0.3 is 0 Å². The van der Waals surface area contributed by atoms with Gasteiger partial charge in [-0.1, -0.05) is 65.8 Å². The molecule has 1 N–H and O–H groups in total. The SMILES string of the molecule is Cc1cc(\C=C/C(=C\C=C\Nc2ccc(C(C)(C)C)cc2S)C(C)(C)C)ccn1. The van der Waals surface area contributed by atoms with Crippen LogP contribution in [0, 0.1) is 12.3 Å². The number of pyridine rings is 1. The zero-order valence-electron chi connectivity index (χ0n) is 18.7. The predicted molar refractivity (Wildman–Crippen MR) is 131 cm³/mol. The molecule has 0 spiro atoms. The zero-order valence-corrected chi connectivity index (χ0v) is 19.6. The van der Waals surface area contributed by atoms with Gasteiger partial charge in [-0.05, 0) is 64.8 Å². The van der Waals surface area contributed by atoms with Gasteiger partial charge in [0, 0.05) is 23.0 Å². The molecule has 0 aliphatic heterocycles. The Labute approximate surface area is 182 Å². The molecule has 0 atom stereocenters. The van der Waals surface area contributed by atoms with Gasteiger partial charge < -0.3 is 5.32 Å². The van der Waals surface area contributed by atoms with E-state index in [1.54, 1.807) is 0 Å². The Balaban J connectivity index is 2.14. The standard InChI is InChI=1S/C26H34N2S/c1-19-17-20(14-16-27-19)10-11-21(25(2,3)4)9-8-15-28-23-13-12-22(18-24(23)29)26(5,6)7/h8-18,28-29H,1-7H3/b11-10-,15-8+,21-9+. The Morgan fingerprint density at radius 3 is 2.34 bits per heavy atom. The molecule has 29 heavy (non-hydrogen) atoms. The quantitative estimate of drug-likeness (QED) is 0.395. The van der Waals surface area contributed by atoms with Crippen LogP contribution in [0.15, 0.2) is 71.4 Å². The second-order valence-electron chi connectivity index (χ2n) is 9.42. The summed E-state index contributed by atoms with van der Waals surface area (Å²) in [5.74, 6) is 0. The summed E-state index contributed by atoms with van der Waals surface area (Å²) in [5, 5.41) is 3.35. The molecule has 0 aliphatic carbocycles. The van der Waals surface area contributed by atoms with Crippen molar-refractivity contribution in [2.75, 3.05) is 5.32 Å². The Bertz CT molecular complexity index is 922. The minimum Gasteiger partial charge on any atom is -0.361 e. The minimum absolute atomic E-state index is 0.0476. The number of nitrogens with one attached hydrogen (secondary N) is 1. The number of benzene rings is 1. The van der Waals surface area contributed by atoms with Crippen LogP contribution >= 0.6 is 12.6 Å². The fraction of sp³-hybridized carbons (Fsp3) is 0.346. The number of hydrogen-bond donors (Lipinski definition) is 2. The molecule has 154 valence electrons. The highest BCUT2D eigenvalue weighted by molar-refractivity contribution is 7.80. The third-order valence-corrected chi connectivity index (χ3v) is 5.09. The first kappa shape index (κ1) is 23.0. The smallest absolute Gasteiger partial charge is 0.0515 e. The van der Waals surface area contributed by atoms with Crippen molar-refractivity contribution in [2.45, 2.75) is 58.8 Å². The van der Waals surface area contributed by atoms with Gasteiger partial charge in [-0.15, -0.1) is 12.6 Å². The summed E-state index contributed by atoms with van der Waals surface area (Å²) in [7, 11) is 0. The summed E-state index contributed by atoms with van der Waals surface area (Å²) in [6, 6.07) is 10.5. The maximum Gasteiger partial charge on any atom is 0.0515 e. The van der Waals surface area contributed by atoms with Gasteiger partial charge in [-0.2, -0.15) is 0 Å². The van der Waals surface area contributed by atoms with Crippen LogP contribution in [0.3, 0.4) is 0 Å². The zero-order chi connectivity index (χ0) is 21.7. The highest BCUT2D eigenvalue weighted by atomic mass is 32.1. The summed E-state index contributed by atoms with van der Waals surface area (Å²) in [5.41, 5.74) is 5.89. The lowest BCUT2D eigenvalue weighted by atomic mass is 9.85. The van der Waals surface area contributed by atoms with Crippen molar-refractivity contribution in [2.24, 2.45) is 5.41 Å². The first-order valence-electron chi connectivity index (χ1n) is 10.0. The molecular formula is C26H34N2S. The second-order valence-corrected chi connectivity index (χ2v) is 9.90. The van der Waals surface area contributed by atoms with Gasteiger partial charge in [-0.25, -0.2) is 0 Å². The Hall–Kier alpha value is -2.26. The van der Waals surface area contributed by atoms with Crippen LogP contribution in [0.2, 0.25) is 0 Å². The van der Waals surface area contributed by atoms with E-state index in [2.05, 4.69) is 107 Å². The van der Waals surface area contributed by atoms with Crippen molar-refractivity contribution >= 4 is 24.4 Å². The van der Waals surface area contributed by atoms with Crippen molar-refractivity contribution in [1.29, 1.82) is 0 Å². The van der Waals surface area contributed by atoms with Crippen LogP contribution in [0.1, 0.15) is 58.4 Å². The van der Waals surface area contributed by atoms with Crippen LogP contribution < -0.4 is 5.32 Å². The molecule has 2 rings (SSSR count). The fourth-order valence-corrected chi connectivity index (χ4v) is 3.10. The summed E-state index contributed by atoms with van der Waals surface area (Å²) in [6.45, 7) is 15.3. The van der Waals surface area contributed by atoms with E-state index in [1.807, 2.05) is 31.5 Å². The molecule has 0 amide bonds. The maximum absolute atomic E-state index is 4.64. The van der Waals surface area contributed by atoms with Gasteiger partial charge in [0.15, 0.2) is 0 Å². The van der Waals surface area contributed by atoms with Crippen molar-refractivity contribution in [3.05, 3.63) is 83.4 Å². The van der Waals surface area contributed by atoms with Crippen molar-refractivity contribution in [1.82, 2.24) is 4.98 Å². The molecule has 1 heterocycles. The van der Waals surface area contributed by atoms with E-state index in [9.17, 15) is 0 Å². The van der Waals surface area contributed by atoms with Crippen LogP contribution in [-0.4, -0.2) is 4.98 Å². The number of aryl methyl sites for hydroxylation is 1. The minimum atomic E-state index is 0.0476. The molecule has 0 saturated carbocycles. The fourth-order valence-electron chi connectivity index (χ4n) is 2.82. The van der Waals surface area contributed by atoms with Gasteiger partial charge in [0.2, 0.25) is 0 Å². The highest BCUT2D eigenvalue weighted by Gasteiger charge is 2.15. The first-order valence-corrected chi connectivity index (χ1v) is 10.5. The molecule has 1 aromatic heterocycles. The molecule has 1 aromatic carbocycles. The topological polar surface area (TPSA) is 24.9 Å². The molecule has 0 radical (unpaired) electrons. The van der Waals surface area contributed by atoms with E-state index in [1.165, 1.54) is 11.1 Å². The number of hydrogen-bond acceptors (Lipinski definition) is 3. The van der Waals surface area contributed by atoms with Crippen molar-refractivity contribution in [3.63, 3.8) is 0 Å². The lowest BCUT2D eigenvalue weighted by Gasteiger charge is -2.20. The van der Waals surface area contributed by atoms with Gasteiger partial charge in [0.25, 0.3) is 0 Å². The average molecular weight is 407 g/mol. The molecule has 0 saturated heterocycles. The largest absolute Gasteiger partial charge is 0.361 e. The molecule has 2 nitrogen and oxygen atoms in total. The van der Waals surface area contributed by atoms with E-state index in [-0.39, 0.29) is 10.8 Å². The van der Waals surface area contributed by atoms with E-state index in [0.717, 1.165) is 21.8 Å². The number of rotatable bonds is 5. The van der Waals surface area contributed by atoms with Gasteiger partial charge in [0.05, 0.1) is 5.69 Å². The molecule has 2 aromatic rings. The Kier molecular flexibility index (Phi) is 7.54. The van der Waals surface area contributed by atoms with Crippen LogP contribution in [0.4, 0.5) is 5.69 Å². The number of thiol groups is 1. The molecular weight excluding hydrogens is 372 g/mol. The third-order valence-electron chi connectivity index (χ3n) is 4.72. The number of anilines is 1. The van der Waals surface area contributed by atoms with Crippen LogP contribution in [0.5, 0.6) is 0 Å². The number of aromatic nitrogens is 1. The normalized spacial score (nSPS) is 13.4. The molecule has 3 heteroatoms. The summed E-state index contributed by atoms with van der Waals surface area (Å²) in [6.07, 6.45) is 12.3. The second kappa shape index (κ2) is 9.49. The van der Waals surface area contributed by atoms with Gasteiger partial charge in [0.1, 0.15) is 0 Å². The molecule has 0 fully saturated rings. The Morgan fingerprint density at radius 1 is 1.03 bits per heavy atom. The predicted octanol–water partition coefficient (Wildman–Crippen LogP) is 7.59. The van der Waals surface area contributed by atoms with Crippen molar-refractivity contribution < 1.29 is 0 Å². The number of nitrogens with zero attached hydrogens (tertiary/aromatic N) is 1. The maximum atomic E-state index is 4.64. The lowest BCUT2D eigenvalue weighted by Crippen LogP contribution is -2.11. The van der Waals surface area contributed by atoms with Crippen LogP contribution in [-0.2, 0) is 5.41 Å². The van der Waals surface area contributed by atoms with E-state index in [4.69, 9.17) is 0 Å².